The molecule has 1 aromatic carbocycles. The molecule has 4 heteroatoms. The Hall–Kier alpha value is -1.65. The highest BCUT2D eigenvalue weighted by Crippen LogP contribution is 2.18. The van der Waals surface area contributed by atoms with Crippen molar-refractivity contribution in [3.63, 3.8) is 0 Å². The van der Waals surface area contributed by atoms with Crippen LogP contribution in [0.2, 0.25) is 0 Å². The lowest BCUT2D eigenvalue weighted by atomic mass is 10.1. The van der Waals surface area contributed by atoms with Crippen molar-refractivity contribution in [3.05, 3.63) is 42.0 Å². The molecular weight excluding hydrogens is 310 g/mol. The molecule has 0 N–H and O–H groups in total. The molecule has 1 amide bonds. The Bertz CT molecular complexity index is 570. The van der Waals surface area contributed by atoms with Gasteiger partial charge in [0.2, 0.25) is 5.91 Å². The van der Waals surface area contributed by atoms with E-state index in [0.29, 0.717) is 12.1 Å². The molecule has 25 heavy (non-hydrogen) atoms. The number of allylic oxidation sites excluding steroid dienone is 1. The summed E-state index contributed by atoms with van der Waals surface area (Å²) in [6.45, 7) is 10.3. The number of benzene rings is 1. The van der Waals surface area contributed by atoms with Gasteiger partial charge in [0.1, 0.15) is 0 Å². The predicted molar refractivity (Wildman–Crippen MR) is 105 cm³/mol. The first kappa shape index (κ1) is 19.7. The molecule has 1 saturated heterocycles. The average Bonchev–Trinajstić information content (AvgIpc) is 2.57. The van der Waals surface area contributed by atoms with Crippen molar-refractivity contribution in [2.45, 2.75) is 39.3 Å². The van der Waals surface area contributed by atoms with Crippen LogP contribution in [0.3, 0.4) is 0 Å². The second kappa shape index (κ2) is 9.16. The SMILES string of the molecule is C/C(=C\C(=O)N1CC(C)N(CCCN(C)C)C(C)C1)c1ccccc1. The smallest absolute Gasteiger partial charge is 0.246 e. The Morgan fingerprint density at radius 2 is 1.76 bits per heavy atom. The largest absolute Gasteiger partial charge is 0.336 e. The highest BCUT2D eigenvalue weighted by molar-refractivity contribution is 5.95. The Balaban J connectivity index is 1.95. The van der Waals surface area contributed by atoms with Gasteiger partial charge in [0.25, 0.3) is 0 Å². The van der Waals surface area contributed by atoms with Crippen LogP contribution in [0.25, 0.3) is 5.57 Å². The van der Waals surface area contributed by atoms with Gasteiger partial charge in [-0.2, -0.15) is 0 Å². The maximum absolute atomic E-state index is 12.7. The van der Waals surface area contributed by atoms with Crippen LogP contribution >= 0.6 is 0 Å². The maximum atomic E-state index is 12.7. The fourth-order valence-electron chi connectivity index (χ4n) is 3.61. The summed E-state index contributed by atoms with van der Waals surface area (Å²) in [4.78, 5) is 19.5. The van der Waals surface area contributed by atoms with E-state index < -0.39 is 0 Å². The molecule has 0 saturated carbocycles. The zero-order valence-electron chi connectivity index (χ0n) is 16.4. The van der Waals surface area contributed by atoms with E-state index in [1.165, 1.54) is 6.42 Å². The number of nitrogens with zero attached hydrogens (tertiary/aromatic N) is 3. The van der Waals surface area contributed by atoms with E-state index >= 15 is 0 Å². The fraction of sp³-hybridized carbons (Fsp3) is 0.571. The van der Waals surface area contributed by atoms with E-state index in [0.717, 1.165) is 37.3 Å². The van der Waals surface area contributed by atoms with Crippen molar-refractivity contribution in [2.24, 2.45) is 0 Å². The summed E-state index contributed by atoms with van der Waals surface area (Å²) in [7, 11) is 4.23. The third-order valence-electron chi connectivity index (χ3n) is 5.00. The molecule has 1 aromatic rings. The van der Waals surface area contributed by atoms with E-state index in [1.807, 2.05) is 42.2 Å². The zero-order valence-corrected chi connectivity index (χ0v) is 16.4. The van der Waals surface area contributed by atoms with Crippen LogP contribution in [0.1, 0.15) is 32.8 Å². The molecule has 1 aliphatic heterocycles. The van der Waals surface area contributed by atoms with Gasteiger partial charge in [-0.25, -0.2) is 0 Å². The first-order chi connectivity index (χ1) is 11.9. The molecule has 1 heterocycles. The number of hydrogen-bond acceptors (Lipinski definition) is 3. The molecule has 1 aliphatic rings. The number of amides is 1. The van der Waals surface area contributed by atoms with Gasteiger partial charge in [-0.1, -0.05) is 30.3 Å². The standard InChI is InChI=1S/C21H33N3O/c1-17(20-10-7-6-8-11-20)14-21(25)23-15-18(2)24(19(3)16-23)13-9-12-22(4)5/h6-8,10-11,14,18-19H,9,12-13,15-16H2,1-5H3/b17-14+. The topological polar surface area (TPSA) is 26.8 Å². The molecule has 0 aliphatic carbocycles. The molecule has 4 nitrogen and oxygen atoms in total. The van der Waals surface area contributed by atoms with Gasteiger partial charge in [0.05, 0.1) is 0 Å². The third-order valence-corrected chi connectivity index (χ3v) is 5.00. The number of hydrogen-bond donors (Lipinski definition) is 0. The van der Waals surface area contributed by atoms with E-state index in [9.17, 15) is 4.79 Å². The Labute approximate surface area is 153 Å². The average molecular weight is 344 g/mol. The minimum absolute atomic E-state index is 0.132. The van der Waals surface area contributed by atoms with Crippen molar-refractivity contribution in [1.29, 1.82) is 0 Å². The highest BCUT2D eigenvalue weighted by Gasteiger charge is 2.30. The minimum Gasteiger partial charge on any atom is -0.336 e. The molecular formula is C21H33N3O. The van der Waals surface area contributed by atoms with Gasteiger partial charge in [0, 0.05) is 37.8 Å². The summed E-state index contributed by atoms with van der Waals surface area (Å²) in [5, 5.41) is 0. The van der Waals surface area contributed by atoms with E-state index in [4.69, 9.17) is 0 Å². The summed E-state index contributed by atoms with van der Waals surface area (Å²) >= 11 is 0. The quantitative estimate of drug-likeness (QED) is 0.743. The van der Waals surface area contributed by atoms with Gasteiger partial charge in [-0.3, -0.25) is 9.69 Å². The van der Waals surface area contributed by atoms with Gasteiger partial charge in [-0.15, -0.1) is 0 Å². The number of carbonyl (C=O) groups excluding carboxylic acids is 1. The Morgan fingerprint density at radius 1 is 1.16 bits per heavy atom. The lowest BCUT2D eigenvalue weighted by Gasteiger charge is -2.44. The van der Waals surface area contributed by atoms with Crippen LogP contribution < -0.4 is 0 Å². The number of rotatable bonds is 6. The monoisotopic (exact) mass is 343 g/mol. The molecule has 0 aromatic heterocycles. The van der Waals surface area contributed by atoms with Gasteiger partial charge >= 0.3 is 0 Å². The van der Waals surface area contributed by atoms with Crippen LogP contribution in [0.15, 0.2) is 36.4 Å². The van der Waals surface area contributed by atoms with Crippen molar-refractivity contribution < 1.29 is 4.79 Å². The van der Waals surface area contributed by atoms with Crippen LogP contribution in [0, 0.1) is 0 Å². The normalized spacial score (nSPS) is 22.5. The van der Waals surface area contributed by atoms with Gasteiger partial charge in [0.15, 0.2) is 0 Å². The maximum Gasteiger partial charge on any atom is 0.246 e. The Morgan fingerprint density at radius 3 is 2.32 bits per heavy atom. The molecule has 1 fully saturated rings. The number of piperazine rings is 1. The van der Waals surface area contributed by atoms with Crippen molar-refractivity contribution in [3.8, 4) is 0 Å². The first-order valence-electron chi connectivity index (χ1n) is 9.31. The second-order valence-corrected chi connectivity index (χ2v) is 7.53. The Kier molecular flexibility index (Phi) is 7.21. The van der Waals surface area contributed by atoms with Gasteiger partial charge < -0.3 is 9.80 Å². The van der Waals surface area contributed by atoms with Crippen molar-refractivity contribution >= 4 is 11.5 Å². The summed E-state index contributed by atoms with van der Waals surface area (Å²) < 4.78 is 0. The predicted octanol–water partition coefficient (Wildman–Crippen LogP) is 2.96. The molecule has 2 unspecified atom stereocenters. The lowest BCUT2D eigenvalue weighted by molar-refractivity contribution is -0.130. The summed E-state index contributed by atoms with van der Waals surface area (Å²) in [5.41, 5.74) is 2.14. The van der Waals surface area contributed by atoms with Crippen LogP contribution in [-0.4, -0.2) is 73.0 Å². The number of carbonyl (C=O) groups is 1. The molecule has 0 bridgehead atoms. The van der Waals surface area contributed by atoms with E-state index in [-0.39, 0.29) is 5.91 Å². The molecule has 0 spiro atoms. The second-order valence-electron chi connectivity index (χ2n) is 7.53. The van der Waals surface area contributed by atoms with E-state index in [2.05, 4.69) is 37.7 Å². The highest BCUT2D eigenvalue weighted by atomic mass is 16.2. The van der Waals surface area contributed by atoms with Crippen LogP contribution in [-0.2, 0) is 4.79 Å². The van der Waals surface area contributed by atoms with Gasteiger partial charge in [-0.05, 0) is 59.0 Å². The molecule has 2 rings (SSSR count). The van der Waals surface area contributed by atoms with Crippen LogP contribution in [0.5, 0.6) is 0 Å². The third kappa shape index (κ3) is 5.68. The van der Waals surface area contributed by atoms with Crippen molar-refractivity contribution in [2.75, 3.05) is 40.3 Å². The van der Waals surface area contributed by atoms with Crippen LogP contribution in [0.4, 0.5) is 0 Å². The van der Waals surface area contributed by atoms with Crippen molar-refractivity contribution in [1.82, 2.24) is 14.7 Å². The fourth-order valence-corrected chi connectivity index (χ4v) is 3.61. The summed E-state index contributed by atoms with van der Waals surface area (Å²) in [5.74, 6) is 0.132. The first-order valence-corrected chi connectivity index (χ1v) is 9.31. The lowest BCUT2D eigenvalue weighted by Crippen LogP contribution is -2.58. The summed E-state index contributed by atoms with van der Waals surface area (Å²) in [6, 6.07) is 10.9. The van der Waals surface area contributed by atoms with E-state index in [1.54, 1.807) is 6.08 Å². The zero-order chi connectivity index (χ0) is 18.4. The molecule has 2 atom stereocenters. The minimum atomic E-state index is 0.132. The molecule has 138 valence electrons. The molecule has 0 radical (unpaired) electrons. The summed E-state index contributed by atoms with van der Waals surface area (Å²) in [6.07, 6.45) is 2.96.